The Balaban J connectivity index is 1.57. The summed E-state index contributed by atoms with van der Waals surface area (Å²) in [5.74, 6) is -1.71. The maximum atomic E-state index is 12.3. The van der Waals surface area contributed by atoms with Gasteiger partial charge in [-0.1, -0.05) is 12.1 Å². The van der Waals surface area contributed by atoms with E-state index >= 15 is 0 Å². The van der Waals surface area contributed by atoms with E-state index in [0.29, 0.717) is 17.1 Å². The van der Waals surface area contributed by atoms with Crippen LogP contribution in [0.15, 0.2) is 71.8 Å². The standard InChI is InChI=1S/C24H20N4O8/c1-34-18-10-11-20(21(13-18)35-2)26-22(29)23(30)27-25-14-15-4-3-5-19(12-15)36-24(31)16-6-8-17(9-7-16)28(32)33/h3-14H,1-2H3,(H,26,29)(H,27,30)/b25-14+. The molecule has 2 amide bonds. The Kier molecular flexibility index (Phi) is 8.27. The van der Waals surface area contributed by atoms with E-state index in [1.54, 1.807) is 24.3 Å². The Morgan fingerprint density at radius 2 is 1.67 bits per heavy atom. The minimum Gasteiger partial charge on any atom is -0.497 e. The van der Waals surface area contributed by atoms with Gasteiger partial charge in [0.15, 0.2) is 0 Å². The van der Waals surface area contributed by atoms with Crippen molar-refractivity contribution in [1.29, 1.82) is 0 Å². The summed E-state index contributed by atoms with van der Waals surface area (Å²) >= 11 is 0. The summed E-state index contributed by atoms with van der Waals surface area (Å²) < 4.78 is 15.5. The molecular formula is C24H20N4O8. The predicted molar refractivity (Wildman–Crippen MR) is 128 cm³/mol. The first-order valence-corrected chi connectivity index (χ1v) is 10.2. The van der Waals surface area contributed by atoms with E-state index in [1.807, 2.05) is 0 Å². The van der Waals surface area contributed by atoms with Crippen LogP contribution in [0.3, 0.4) is 0 Å². The first-order chi connectivity index (χ1) is 17.3. The molecule has 0 saturated carbocycles. The van der Waals surface area contributed by atoms with E-state index in [9.17, 15) is 24.5 Å². The van der Waals surface area contributed by atoms with E-state index in [4.69, 9.17) is 14.2 Å². The van der Waals surface area contributed by atoms with E-state index in [2.05, 4.69) is 15.8 Å². The van der Waals surface area contributed by atoms with Crippen LogP contribution in [0.2, 0.25) is 0 Å². The number of hydrogen-bond acceptors (Lipinski definition) is 9. The molecule has 0 aliphatic heterocycles. The predicted octanol–water partition coefficient (Wildman–Crippen LogP) is 2.92. The van der Waals surface area contributed by atoms with Crippen molar-refractivity contribution < 1.29 is 33.5 Å². The van der Waals surface area contributed by atoms with E-state index in [0.717, 1.165) is 0 Å². The monoisotopic (exact) mass is 492 g/mol. The van der Waals surface area contributed by atoms with Gasteiger partial charge in [-0.3, -0.25) is 19.7 Å². The molecule has 0 heterocycles. The quantitative estimate of drug-likeness (QED) is 0.121. The minimum atomic E-state index is -1.02. The van der Waals surface area contributed by atoms with Crippen molar-refractivity contribution in [3.63, 3.8) is 0 Å². The number of carbonyl (C=O) groups is 3. The molecule has 3 aromatic carbocycles. The molecule has 0 spiro atoms. The van der Waals surface area contributed by atoms with Gasteiger partial charge in [-0.15, -0.1) is 0 Å². The second-order valence-electron chi connectivity index (χ2n) is 6.99. The van der Waals surface area contributed by atoms with Crippen molar-refractivity contribution in [2.45, 2.75) is 0 Å². The number of anilines is 1. The van der Waals surface area contributed by atoms with Gasteiger partial charge in [0.2, 0.25) is 0 Å². The van der Waals surface area contributed by atoms with Gasteiger partial charge in [0.1, 0.15) is 17.2 Å². The highest BCUT2D eigenvalue weighted by Crippen LogP contribution is 2.28. The zero-order chi connectivity index (χ0) is 26.1. The lowest BCUT2D eigenvalue weighted by Crippen LogP contribution is -2.32. The number of carbonyl (C=O) groups excluding carboxylic acids is 3. The molecule has 2 N–H and O–H groups in total. The Bertz CT molecular complexity index is 1320. The molecule has 0 unspecified atom stereocenters. The van der Waals surface area contributed by atoms with Crippen LogP contribution in [0.5, 0.6) is 17.2 Å². The fourth-order valence-corrected chi connectivity index (χ4v) is 2.84. The number of rotatable bonds is 8. The number of non-ortho nitro benzene ring substituents is 1. The van der Waals surface area contributed by atoms with Crippen LogP contribution in [-0.4, -0.2) is 43.1 Å². The number of nitro groups is 1. The lowest BCUT2D eigenvalue weighted by atomic mass is 10.2. The maximum Gasteiger partial charge on any atom is 0.343 e. The summed E-state index contributed by atoms with van der Waals surface area (Å²) in [5.41, 5.74) is 2.81. The van der Waals surface area contributed by atoms with Crippen LogP contribution in [0.25, 0.3) is 0 Å². The van der Waals surface area contributed by atoms with E-state index in [1.165, 1.54) is 62.9 Å². The van der Waals surface area contributed by atoms with Crippen molar-refractivity contribution in [2.24, 2.45) is 5.10 Å². The Morgan fingerprint density at radius 1 is 0.917 bits per heavy atom. The molecule has 36 heavy (non-hydrogen) atoms. The SMILES string of the molecule is COc1ccc(NC(=O)C(=O)N/N=C/c2cccc(OC(=O)c3ccc([N+](=O)[O-])cc3)c2)c(OC)c1. The second-order valence-corrected chi connectivity index (χ2v) is 6.99. The zero-order valence-corrected chi connectivity index (χ0v) is 19.1. The lowest BCUT2D eigenvalue weighted by Gasteiger charge is -2.10. The average Bonchev–Trinajstić information content (AvgIpc) is 2.89. The molecule has 3 rings (SSSR count). The number of hydrazone groups is 1. The van der Waals surface area contributed by atoms with E-state index < -0.39 is 22.7 Å². The normalized spacial score (nSPS) is 10.4. The highest BCUT2D eigenvalue weighted by atomic mass is 16.6. The number of benzene rings is 3. The third kappa shape index (κ3) is 6.63. The smallest absolute Gasteiger partial charge is 0.343 e. The van der Waals surface area contributed by atoms with Crippen LogP contribution in [0, 0.1) is 10.1 Å². The van der Waals surface area contributed by atoms with Crippen molar-refractivity contribution in [3.8, 4) is 17.2 Å². The highest BCUT2D eigenvalue weighted by molar-refractivity contribution is 6.39. The molecule has 0 fully saturated rings. The lowest BCUT2D eigenvalue weighted by molar-refractivity contribution is -0.384. The molecule has 0 aromatic heterocycles. The van der Waals surface area contributed by atoms with Crippen LogP contribution in [0.1, 0.15) is 15.9 Å². The summed E-state index contributed by atoms with van der Waals surface area (Å²) in [6.07, 6.45) is 1.25. The summed E-state index contributed by atoms with van der Waals surface area (Å²) in [5, 5.41) is 16.9. The van der Waals surface area contributed by atoms with Gasteiger partial charge >= 0.3 is 17.8 Å². The number of methoxy groups -OCH3 is 2. The minimum absolute atomic E-state index is 0.131. The van der Waals surface area contributed by atoms with Gasteiger partial charge in [-0.25, -0.2) is 10.2 Å². The molecule has 0 atom stereocenters. The summed E-state index contributed by atoms with van der Waals surface area (Å²) in [7, 11) is 2.89. The van der Waals surface area contributed by atoms with Gasteiger partial charge in [0.25, 0.3) is 5.69 Å². The topological polar surface area (TPSA) is 158 Å². The largest absolute Gasteiger partial charge is 0.497 e. The summed E-state index contributed by atoms with van der Waals surface area (Å²) in [6, 6.07) is 15.8. The number of nitro benzene ring substituents is 1. The van der Waals surface area contributed by atoms with Crippen molar-refractivity contribution in [3.05, 3.63) is 88.0 Å². The Morgan fingerprint density at radius 3 is 2.33 bits per heavy atom. The molecular weight excluding hydrogens is 472 g/mol. The summed E-state index contributed by atoms with van der Waals surface area (Å²) in [6.45, 7) is 0. The number of nitrogens with one attached hydrogen (secondary N) is 2. The first kappa shape index (κ1) is 25.4. The van der Waals surface area contributed by atoms with Crippen LogP contribution < -0.4 is 25.0 Å². The number of ether oxygens (including phenoxy) is 3. The molecule has 3 aromatic rings. The molecule has 0 aliphatic rings. The van der Waals surface area contributed by atoms with Gasteiger partial charge in [0.05, 0.1) is 36.6 Å². The van der Waals surface area contributed by atoms with Gasteiger partial charge in [-0.2, -0.15) is 5.10 Å². The van der Waals surface area contributed by atoms with Crippen LogP contribution in [-0.2, 0) is 9.59 Å². The van der Waals surface area contributed by atoms with Crippen molar-refractivity contribution in [2.75, 3.05) is 19.5 Å². The average molecular weight is 492 g/mol. The van der Waals surface area contributed by atoms with E-state index in [-0.39, 0.29) is 22.7 Å². The Labute approximate surface area is 204 Å². The molecule has 12 nitrogen and oxygen atoms in total. The molecule has 0 radical (unpaired) electrons. The highest BCUT2D eigenvalue weighted by Gasteiger charge is 2.16. The van der Waals surface area contributed by atoms with Crippen LogP contribution in [0.4, 0.5) is 11.4 Å². The molecule has 0 saturated heterocycles. The zero-order valence-electron chi connectivity index (χ0n) is 19.1. The number of hydrogen-bond donors (Lipinski definition) is 2. The summed E-state index contributed by atoms with van der Waals surface area (Å²) in [4.78, 5) is 46.7. The second kappa shape index (κ2) is 11.7. The molecule has 0 bridgehead atoms. The van der Waals surface area contributed by atoms with Gasteiger partial charge in [-0.05, 0) is 42.0 Å². The number of nitrogens with zero attached hydrogens (tertiary/aromatic N) is 2. The van der Waals surface area contributed by atoms with Crippen molar-refractivity contribution >= 4 is 35.4 Å². The third-order valence-electron chi connectivity index (χ3n) is 4.63. The van der Waals surface area contributed by atoms with Crippen molar-refractivity contribution in [1.82, 2.24) is 5.43 Å². The maximum absolute atomic E-state index is 12.3. The van der Waals surface area contributed by atoms with Crippen LogP contribution >= 0.6 is 0 Å². The van der Waals surface area contributed by atoms with Gasteiger partial charge in [0, 0.05) is 18.2 Å². The Hall–Kier alpha value is -5.26. The molecule has 184 valence electrons. The number of esters is 1. The fourth-order valence-electron chi connectivity index (χ4n) is 2.84. The first-order valence-electron chi connectivity index (χ1n) is 10.2. The molecule has 12 heteroatoms. The fraction of sp³-hybridized carbons (Fsp3) is 0.0833. The third-order valence-corrected chi connectivity index (χ3v) is 4.63. The number of amides is 2. The van der Waals surface area contributed by atoms with Gasteiger partial charge < -0.3 is 19.5 Å². The molecule has 0 aliphatic carbocycles.